The van der Waals surface area contributed by atoms with Gasteiger partial charge in [0.1, 0.15) is 0 Å². The minimum atomic E-state index is -0.582. The Labute approximate surface area is 144 Å². The second kappa shape index (κ2) is 8.68. The maximum Gasteiger partial charge on any atom is 0.313 e. The van der Waals surface area contributed by atoms with E-state index in [9.17, 15) is 9.59 Å². The molecule has 1 aliphatic rings. The van der Waals surface area contributed by atoms with Gasteiger partial charge in [-0.25, -0.2) is 0 Å². The van der Waals surface area contributed by atoms with Crippen LogP contribution in [0.15, 0.2) is 24.3 Å². The summed E-state index contributed by atoms with van der Waals surface area (Å²) in [6.45, 7) is 6.77. The summed E-state index contributed by atoms with van der Waals surface area (Å²) in [7, 11) is 3.79. The van der Waals surface area contributed by atoms with Crippen molar-refractivity contribution in [1.82, 2.24) is 9.80 Å². The monoisotopic (exact) mass is 332 g/mol. The molecule has 0 spiro atoms. The number of likely N-dealkylation sites (N-methyl/N-ethyl adjacent to an activating group) is 2. The van der Waals surface area contributed by atoms with Crippen LogP contribution >= 0.6 is 0 Å². The van der Waals surface area contributed by atoms with Gasteiger partial charge in [-0.15, -0.1) is 0 Å². The summed E-state index contributed by atoms with van der Waals surface area (Å²) in [4.78, 5) is 30.1. The highest BCUT2D eigenvalue weighted by molar-refractivity contribution is 6.39. The number of hydrogen-bond donors (Lipinski definition) is 1. The van der Waals surface area contributed by atoms with E-state index in [0.29, 0.717) is 12.2 Å². The summed E-state index contributed by atoms with van der Waals surface area (Å²) in [5, 5.41) is 2.68. The molecule has 24 heavy (non-hydrogen) atoms. The highest BCUT2D eigenvalue weighted by atomic mass is 16.2. The molecular weight excluding hydrogens is 304 g/mol. The number of amides is 2. The van der Waals surface area contributed by atoms with Crippen LogP contribution in [0.5, 0.6) is 0 Å². The maximum absolute atomic E-state index is 12.0. The van der Waals surface area contributed by atoms with Gasteiger partial charge in [0.05, 0.1) is 0 Å². The van der Waals surface area contributed by atoms with E-state index in [2.05, 4.69) is 29.1 Å². The molecule has 0 aromatic heterocycles. The van der Waals surface area contributed by atoms with Crippen LogP contribution in [0.4, 0.5) is 11.4 Å². The fraction of sp³-hybridized carbons (Fsp3) is 0.556. The fourth-order valence-corrected chi connectivity index (χ4v) is 2.67. The molecule has 1 aromatic rings. The van der Waals surface area contributed by atoms with Crippen molar-refractivity contribution in [3.05, 3.63) is 24.3 Å². The van der Waals surface area contributed by atoms with Crippen LogP contribution in [0, 0.1) is 0 Å². The van der Waals surface area contributed by atoms with E-state index in [1.54, 1.807) is 7.05 Å². The second-order valence-electron chi connectivity index (χ2n) is 6.37. The molecule has 0 atom stereocenters. The van der Waals surface area contributed by atoms with Crippen molar-refractivity contribution in [3.8, 4) is 0 Å². The number of rotatable bonds is 5. The van der Waals surface area contributed by atoms with Crippen molar-refractivity contribution >= 4 is 23.2 Å². The molecule has 1 saturated heterocycles. The summed E-state index contributed by atoms with van der Waals surface area (Å²) < 4.78 is 0. The maximum atomic E-state index is 12.0. The van der Waals surface area contributed by atoms with Gasteiger partial charge in [-0.05, 0) is 37.7 Å². The first-order valence-electron chi connectivity index (χ1n) is 8.61. The molecule has 0 aliphatic carbocycles. The van der Waals surface area contributed by atoms with Crippen molar-refractivity contribution in [2.45, 2.75) is 19.8 Å². The summed E-state index contributed by atoms with van der Waals surface area (Å²) >= 11 is 0. The number of anilines is 2. The molecule has 1 aliphatic heterocycles. The predicted molar refractivity (Wildman–Crippen MR) is 97.3 cm³/mol. The van der Waals surface area contributed by atoms with Crippen molar-refractivity contribution in [2.75, 3.05) is 57.0 Å². The van der Waals surface area contributed by atoms with Crippen molar-refractivity contribution in [1.29, 1.82) is 0 Å². The van der Waals surface area contributed by atoms with Gasteiger partial charge in [0.15, 0.2) is 0 Å². The first kappa shape index (κ1) is 18.3. The number of unbranched alkanes of at least 4 members (excludes halogenated alkanes) is 1. The average Bonchev–Trinajstić information content (AvgIpc) is 2.60. The van der Waals surface area contributed by atoms with E-state index in [1.165, 1.54) is 4.90 Å². The van der Waals surface area contributed by atoms with Gasteiger partial charge >= 0.3 is 11.8 Å². The average molecular weight is 332 g/mol. The summed E-state index contributed by atoms with van der Waals surface area (Å²) in [6.07, 6.45) is 1.89. The molecule has 1 fully saturated rings. The zero-order valence-corrected chi connectivity index (χ0v) is 14.9. The molecule has 132 valence electrons. The Morgan fingerprint density at radius 2 is 1.75 bits per heavy atom. The smallest absolute Gasteiger partial charge is 0.313 e. The standard InChI is InChI=1S/C18H28N4O2/c1-4-5-10-21(3)18(24)17(23)19-15-6-8-16(9-7-15)22-13-11-20(2)12-14-22/h6-9H,4-5,10-14H2,1-3H3,(H,19,23). The van der Waals surface area contributed by atoms with E-state index in [-0.39, 0.29) is 0 Å². The van der Waals surface area contributed by atoms with Crippen LogP contribution in [0.1, 0.15) is 19.8 Å². The molecule has 0 radical (unpaired) electrons. The van der Waals surface area contributed by atoms with E-state index in [1.807, 2.05) is 24.3 Å². The Morgan fingerprint density at radius 1 is 1.12 bits per heavy atom. The minimum absolute atomic E-state index is 0.494. The van der Waals surface area contributed by atoms with Gasteiger partial charge in [-0.2, -0.15) is 0 Å². The van der Waals surface area contributed by atoms with E-state index in [0.717, 1.165) is 44.7 Å². The van der Waals surface area contributed by atoms with Gasteiger partial charge in [-0.3, -0.25) is 9.59 Å². The lowest BCUT2D eigenvalue weighted by Crippen LogP contribution is -2.44. The Morgan fingerprint density at radius 3 is 2.33 bits per heavy atom. The predicted octanol–water partition coefficient (Wildman–Crippen LogP) is 1.64. The minimum Gasteiger partial charge on any atom is -0.369 e. The van der Waals surface area contributed by atoms with Crippen molar-refractivity contribution in [2.24, 2.45) is 0 Å². The molecule has 1 aromatic carbocycles. The van der Waals surface area contributed by atoms with E-state index >= 15 is 0 Å². The number of piperazine rings is 1. The third kappa shape index (κ3) is 4.96. The lowest BCUT2D eigenvalue weighted by Gasteiger charge is -2.34. The number of carbonyl (C=O) groups is 2. The Balaban J connectivity index is 1.89. The highest BCUT2D eigenvalue weighted by Crippen LogP contribution is 2.19. The number of hydrogen-bond acceptors (Lipinski definition) is 4. The molecule has 1 heterocycles. The van der Waals surface area contributed by atoms with Crippen LogP contribution in [-0.2, 0) is 9.59 Å². The van der Waals surface area contributed by atoms with Gasteiger partial charge in [0, 0.05) is 51.1 Å². The Hall–Kier alpha value is -2.08. The highest BCUT2D eigenvalue weighted by Gasteiger charge is 2.18. The first-order chi connectivity index (χ1) is 11.5. The molecular formula is C18H28N4O2. The van der Waals surface area contributed by atoms with Crippen LogP contribution in [0.3, 0.4) is 0 Å². The van der Waals surface area contributed by atoms with E-state index < -0.39 is 11.8 Å². The summed E-state index contributed by atoms with van der Waals surface area (Å²) in [6, 6.07) is 7.69. The molecule has 0 bridgehead atoms. The zero-order valence-electron chi connectivity index (χ0n) is 14.9. The first-order valence-corrected chi connectivity index (χ1v) is 8.61. The zero-order chi connectivity index (χ0) is 17.5. The molecule has 2 rings (SSSR count). The molecule has 6 nitrogen and oxygen atoms in total. The topological polar surface area (TPSA) is 55.9 Å². The van der Waals surface area contributed by atoms with Gasteiger partial charge < -0.3 is 20.0 Å². The van der Waals surface area contributed by atoms with E-state index in [4.69, 9.17) is 0 Å². The molecule has 6 heteroatoms. The van der Waals surface area contributed by atoms with Gasteiger partial charge in [0.2, 0.25) is 0 Å². The SMILES string of the molecule is CCCCN(C)C(=O)C(=O)Nc1ccc(N2CCN(C)CC2)cc1. The molecule has 0 saturated carbocycles. The van der Waals surface area contributed by atoms with Crippen molar-refractivity contribution in [3.63, 3.8) is 0 Å². The van der Waals surface area contributed by atoms with Crippen LogP contribution < -0.4 is 10.2 Å². The Kier molecular flexibility index (Phi) is 6.61. The normalized spacial score (nSPS) is 15.2. The molecule has 0 unspecified atom stereocenters. The van der Waals surface area contributed by atoms with Gasteiger partial charge in [-0.1, -0.05) is 13.3 Å². The van der Waals surface area contributed by atoms with Crippen LogP contribution in [-0.4, -0.2) is 68.4 Å². The number of carbonyl (C=O) groups excluding carboxylic acids is 2. The molecule has 2 amide bonds. The number of nitrogens with one attached hydrogen (secondary N) is 1. The van der Waals surface area contributed by atoms with Crippen LogP contribution in [0.25, 0.3) is 0 Å². The third-order valence-corrected chi connectivity index (χ3v) is 4.38. The quantitative estimate of drug-likeness (QED) is 0.833. The number of nitrogens with zero attached hydrogens (tertiary/aromatic N) is 3. The second-order valence-corrected chi connectivity index (χ2v) is 6.37. The largest absolute Gasteiger partial charge is 0.369 e. The number of benzene rings is 1. The fourth-order valence-electron chi connectivity index (χ4n) is 2.67. The third-order valence-electron chi connectivity index (χ3n) is 4.38. The van der Waals surface area contributed by atoms with Crippen LogP contribution in [0.2, 0.25) is 0 Å². The Bertz CT molecular complexity index is 551. The van der Waals surface area contributed by atoms with Gasteiger partial charge in [0.25, 0.3) is 0 Å². The van der Waals surface area contributed by atoms with Crippen molar-refractivity contribution < 1.29 is 9.59 Å². The lowest BCUT2D eigenvalue weighted by atomic mass is 10.2. The summed E-state index contributed by atoms with van der Waals surface area (Å²) in [5.74, 6) is -1.08. The summed E-state index contributed by atoms with van der Waals surface area (Å²) in [5.41, 5.74) is 1.79. The molecule has 1 N–H and O–H groups in total. The lowest BCUT2D eigenvalue weighted by molar-refractivity contribution is -0.142.